The number of methoxy groups -OCH3 is 1. The Morgan fingerprint density at radius 3 is 3.05 bits per heavy atom. The van der Waals surface area contributed by atoms with Crippen molar-refractivity contribution < 1.29 is 14.1 Å². The highest BCUT2D eigenvalue weighted by Crippen LogP contribution is 2.30. The number of carbonyl (C=O) groups is 1. The molecule has 116 valence electrons. The second-order valence-corrected chi connectivity index (χ2v) is 6.01. The van der Waals surface area contributed by atoms with Crippen LogP contribution in [0.4, 0.5) is 0 Å². The molecular weight excluding hydrogens is 270 g/mol. The second-order valence-electron chi connectivity index (χ2n) is 6.01. The van der Waals surface area contributed by atoms with Gasteiger partial charge < -0.3 is 19.5 Å². The zero-order valence-electron chi connectivity index (χ0n) is 12.5. The van der Waals surface area contributed by atoms with Crippen LogP contribution in [0.1, 0.15) is 41.9 Å². The Labute approximate surface area is 124 Å². The summed E-state index contributed by atoms with van der Waals surface area (Å²) in [4.78, 5) is 14.7. The molecule has 2 fully saturated rings. The summed E-state index contributed by atoms with van der Waals surface area (Å²) < 4.78 is 10.1. The number of nitrogens with zero attached hydrogens (tertiary/aromatic N) is 2. The molecule has 1 aromatic rings. The third-order valence-electron chi connectivity index (χ3n) is 4.17. The maximum Gasteiger partial charge on any atom is 0.276 e. The Hall–Kier alpha value is -1.40. The SMILES string of the molecule is COCc1cc(C(=O)N(CC2CCCNC2)C2CC2)no1. The average molecular weight is 293 g/mol. The van der Waals surface area contributed by atoms with E-state index in [0.717, 1.165) is 32.5 Å². The number of aromatic nitrogens is 1. The number of nitrogens with one attached hydrogen (secondary N) is 1. The lowest BCUT2D eigenvalue weighted by Gasteiger charge is -2.29. The fourth-order valence-electron chi connectivity index (χ4n) is 2.91. The van der Waals surface area contributed by atoms with E-state index in [0.29, 0.717) is 30.0 Å². The zero-order chi connectivity index (χ0) is 14.7. The van der Waals surface area contributed by atoms with Crippen LogP contribution in [0.2, 0.25) is 0 Å². The fourth-order valence-corrected chi connectivity index (χ4v) is 2.91. The van der Waals surface area contributed by atoms with Gasteiger partial charge in [-0.05, 0) is 44.7 Å². The number of ether oxygens (including phenoxy) is 1. The van der Waals surface area contributed by atoms with E-state index < -0.39 is 0 Å². The molecule has 1 N–H and O–H groups in total. The van der Waals surface area contributed by atoms with Gasteiger partial charge in [0.1, 0.15) is 6.61 Å². The number of hydrogen-bond acceptors (Lipinski definition) is 5. The first-order valence-electron chi connectivity index (χ1n) is 7.74. The summed E-state index contributed by atoms with van der Waals surface area (Å²) in [6.45, 7) is 3.26. The van der Waals surface area contributed by atoms with Crippen molar-refractivity contribution in [3.63, 3.8) is 0 Å². The zero-order valence-corrected chi connectivity index (χ0v) is 12.5. The van der Waals surface area contributed by atoms with Crippen molar-refractivity contribution in [2.24, 2.45) is 5.92 Å². The van der Waals surface area contributed by atoms with E-state index in [1.807, 2.05) is 4.90 Å². The van der Waals surface area contributed by atoms with Crippen LogP contribution >= 0.6 is 0 Å². The van der Waals surface area contributed by atoms with Crippen LogP contribution in [0.3, 0.4) is 0 Å². The standard InChI is InChI=1S/C15H23N3O3/c1-20-10-13-7-14(17-21-13)15(19)18(12-4-5-12)9-11-3-2-6-16-8-11/h7,11-12,16H,2-6,8-10H2,1H3. The van der Waals surface area contributed by atoms with Gasteiger partial charge in [-0.3, -0.25) is 4.79 Å². The molecule has 6 heteroatoms. The van der Waals surface area contributed by atoms with E-state index >= 15 is 0 Å². The van der Waals surface area contributed by atoms with Crippen LogP contribution in [-0.2, 0) is 11.3 Å². The summed E-state index contributed by atoms with van der Waals surface area (Å²) in [6, 6.07) is 2.09. The van der Waals surface area contributed by atoms with Gasteiger partial charge in [0.2, 0.25) is 0 Å². The predicted octanol–water partition coefficient (Wildman–Crippen LogP) is 1.43. The van der Waals surface area contributed by atoms with Crippen LogP contribution in [0.5, 0.6) is 0 Å². The lowest BCUT2D eigenvalue weighted by atomic mass is 9.99. The third kappa shape index (κ3) is 3.63. The lowest BCUT2D eigenvalue weighted by Crippen LogP contribution is -2.42. The van der Waals surface area contributed by atoms with Crippen molar-refractivity contribution in [3.05, 3.63) is 17.5 Å². The minimum absolute atomic E-state index is 0.00539. The minimum Gasteiger partial charge on any atom is -0.377 e. The van der Waals surface area contributed by atoms with Crippen molar-refractivity contribution >= 4 is 5.91 Å². The third-order valence-corrected chi connectivity index (χ3v) is 4.17. The summed E-state index contributed by atoms with van der Waals surface area (Å²) in [5, 5.41) is 7.31. The Morgan fingerprint density at radius 2 is 2.38 bits per heavy atom. The van der Waals surface area contributed by atoms with Gasteiger partial charge in [0.25, 0.3) is 5.91 Å². The van der Waals surface area contributed by atoms with Crippen molar-refractivity contribution in [2.45, 2.75) is 38.3 Å². The van der Waals surface area contributed by atoms with E-state index in [4.69, 9.17) is 9.26 Å². The molecule has 2 aliphatic rings. The fraction of sp³-hybridized carbons (Fsp3) is 0.733. The first kappa shape index (κ1) is 14.5. The molecular formula is C15H23N3O3. The number of rotatable bonds is 6. The van der Waals surface area contributed by atoms with Crippen LogP contribution in [0.15, 0.2) is 10.6 Å². The Bertz CT molecular complexity index is 478. The second kappa shape index (κ2) is 6.58. The normalized spacial score (nSPS) is 22.2. The number of hydrogen-bond donors (Lipinski definition) is 1. The highest BCUT2D eigenvalue weighted by molar-refractivity contribution is 5.92. The van der Waals surface area contributed by atoms with Crippen LogP contribution < -0.4 is 5.32 Å². The molecule has 6 nitrogen and oxygen atoms in total. The average Bonchev–Trinajstić information content (AvgIpc) is 3.25. The summed E-state index contributed by atoms with van der Waals surface area (Å²) in [7, 11) is 1.59. The van der Waals surface area contributed by atoms with Gasteiger partial charge in [-0.1, -0.05) is 5.16 Å². The van der Waals surface area contributed by atoms with E-state index in [1.54, 1.807) is 13.2 Å². The summed E-state index contributed by atoms with van der Waals surface area (Å²) in [5.74, 6) is 1.14. The van der Waals surface area contributed by atoms with E-state index in [9.17, 15) is 4.79 Å². The van der Waals surface area contributed by atoms with Crippen LogP contribution in [0.25, 0.3) is 0 Å². The van der Waals surface area contributed by atoms with Gasteiger partial charge in [0.05, 0.1) is 0 Å². The van der Waals surface area contributed by atoms with Gasteiger partial charge in [0, 0.05) is 25.8 Å². The smallest absolute Gasteiger partial charge is 0.276 e. The molecule has 2 heterocycles. The monoisotopic (exact) mass is 293 g/mol. The lowest BCUT2D eigenvalue weighted by molar-refractivity contribution is 0.0693. The predicted molar refractivity (Wildman–Crippen MR) is 76.9 cm³/mol. The topological polar surface area (TPSA) is 67.6 Å². The molecule has 1 aromatic heterocycles. The van der Waals surface area contributed by atoms with E-state index in [2.05, 4.69) is 10.5 Å². The van der Waals surface area contributed by atoms with E-state index in [-0.39, 0.29) is 5.91 Å². The first-order valence-corrected chi connectivity index (χ1v) is 7.74. The Balaban J connectivity index is 1.65. The van der Waals surface area contributed by atoms with Crippen molar-refractivity contribution in [2.75, 3.05) is 26.7 Å². The van der Waals surface area contributed by atoms with Crippen LogP contribution in [0, 0.1) is 5.92 Å². The molecule has 1 saturated heterocycles. The molecule has 1 saturated carbocycles. The van der Waals surface area contributed by atoms with Gasteiger partial charge in [-0.25, -0.2) is 0 Å². The number of amides is 1. The molecule has 1 aliphatic carbocycles. The molecule has 0 radical (unpaired) electrons. The van der Waals surface area contributed by atoms with Crippen molar-refractivity contribution in [3.8, 4) is 0 Å². The molecule has 3 rings (SSSR count). The van der Waals surface area contributed by atoms with Crippen molar-refractivity contribution in [1.29, 1.82) is 0 Å². The molecule has 1 atom stereocenters. The van der Waals surface area contributed by atoms with Crippen molar-refractivity contribution in [1.82, 2.24) is 15.4 Å². The Morgan fingerprint density at radius 1 is 1.52 bits per heavy atom. The maximum absolute atomic E-state index is 12.7. The Kier molecular flexibility index (Phi) is 4.55. The molecule has 1 unspecified atom stereocenters. The van der Waals surface area contributed by atoms with Gasteiger partial charge >= 0.3 is 0 Å². The molecule has 1 aliphatic heterocycles. The number of carbonyl (C=O) groups excluding carboxylic acids is 1. The molecule has 21 heavy (non-hydrogen) atoms. The summed E-state index contributed by atoms with van der Waals surface area (Å²) >= 11 is 0. The highest BCUT2D eigenvalue weighted by atomic mass is 16.5. The van der Waals surface area contributed by atoms with E-state index in [1.165, 1.54) is 12.8 Å². The summed E-state index contributed by atoms with van der Waals surface area (Å²) in [5.41, 5.74) is 0.401. The summed E-state index contributed by atoms with van der Waals surface area (Å²) in [6.07, 6.45) is 4.60. The molecule has 0 spiro atoms. The number of piperidine rings is 1. The van der Waals surface area contributed by atoms with Gasteiger partial charge in [0.15, 0.2) is 11.5 Å². The van der Waals surface area contributed by atoms with Gasteiger partial charge in [-0.15, -0.1) is 0 Å². The maximum atomic E-state index is 12.7. The first-order chi connectivity index (χ1) is 10.3. The molecule has 0 aromatic carbocycles. The molecule has 1 amide bonds. The van der Waals surface area contributed by atoms with Crippen LogP contribution in [-0.4, -0.2) is 48.7 Å². The molecule has 0 bridgehead atoms. The largest absolute Gasteiger partial charge is 0.377 e. The quantitative estimate of drug-likeness (QED) is 0.859. The van der Waals surface area contributed by atoms with Gasteiger partial charge in [-0.2, -0.15) is 0 Å². The minimum atomic E-state index is -0.00539. The highest BCUT2D eigenvalue weighted by Gasteiger charge is 2.35.